The summed E-state index contributed by atoms with van der Waals surface area (Å²) in [7, 11) is 0. The van der Waals surface area contributed by atoms with Gasteiger partial charge in [0, 0.05) is 5.92 Å². The number of carbonyl (C=O) groups is 3. The SMILES string of the molecule is CCCC[C@H](NC(=O)OCC1c2ccccc2-c2ccccc21)C(=O)NC(C(=O)O)C(C)CC. The summed E-state index contributed by atoms with van der Waals surface area (Å²) in [5.74, 6) is -1.90. The van der Waals surface area contributed by atoms with Crippen molar-refractivity contribution in [3.05, 3.63) is 59.7 Å². The van der Waals surface area contributed by atoms with Gasteiger partial charge in [0.25, 0.3) is 0 Å². The molecular weight excluding hydrogens is 432 g/mol. The van der Waals surface area contributed by atoms with E-state index in [1.54, 1.807) is 6.92 Å². The summed E-state index contributed by atoms with van der Waals surface area (Å²) in [5, 5.41) is 14.8. The van der Waals surface area contributed by atoms with Crippen LogP contribution >= 0.6 is 0 Å². The van der Waals surface area contributed by atoms with Crippen LogP contribution in [-0.4, -0.2) is 41.8 Å². The third-order valence-electron chi connectivity index (χ3n) is 6.58. The van der Waals surface area contributed by atoms with Gasteiger partial charge in [-0.3, -0.25) is 4.79 Å². The maximum atomic E-state index is 12.9. The molecule has 0 aromatic heterocycles. The number of fused-ring (bicyclic) bond motifs is 3. The van der Waals surface area contributed by atoms with Crippen molar-refractivity contribution in [1.82, 2.24) is 10.6 Å². The van der Waals surface area contributed by atoms with E-state index in [-0.39, 0.29) is 18.4 Å². The molecule has 34 heavy (non-hydrogen) atoms. The zero-order valence-electron chi connectivity index (χ0n) is 20.0. The van der Waals surface area contributed by atoms with Crippen LogP contribution in [0.4, 0.5) is 4.79 Å². The first-order valence-electron chi connectivity index (χ1n) is 12.0. The highest BCUT2D eigenvalue weighted by atomic mass is 16.5. The van der Waals surface area contributed by atoms with Gasteiger partial charge in [-0.05, 0) is 34.6 Å². The minimum atomic E-state index is -1.09. The number of hydrogen-bond donors (Lipinski definition) is 3. The monoisotopic (exact) mass is 466 g/mol. The Labute approximate surface area is 200 Å². The number of alkyl carbamates (subject to hydrolysis) is 1. The van der Waals surface area contributed by atoms with Gasteiger partial charge in [0.15, 0.2) is 0 Å². The average molecular weight is 467 g/mol. The van der Waals surface area contributed by atoms with Gasteiger partial charge in [-0.1, -0.05) is 88.6 Å². The molecule has 0 saturated carbocycles. The Hall–Kier alpha value is -3.35. The molecule has 1 aliphatic carbocycles. The minimum absolute atomic E-state index is 0.0807. The van der Waals surface area contributed by atoms with Crippen molar-refractivity contribution in [3.8, 4) is 11.1 Å². The summed E-state index contributed by atoms with van der Waals surface area (Å²) in [5.41, 5.74) is 4.48. The van der Waals surface area contributed by atoms with E-state index in [4.69, 9.17) is 4.74 Å². The number of carbonyl (C=O) groups excluding carboxylic acids is 2. The predicted molar refractivity (Wildman–Crippen MR) is 131 cm³/mol. The number of amides is 2. The molecular formula is C27H34N2O5. The highest BCUT2D eigenvalue weighted by Crippen LogP contribution is 2.44. The Morgan fingerprint density at radius 2 is 1.56 bits per heavy atom. The second-order valence-electron chi connectivity index (χ2n) is 8.87. The van der Waals surface area contributed by atoms with Gasteiger partial charge < -0.3 is 20.5 Å². The van der Waals surface area contributed by atoms with Crippen molar-refractivity contribution in [2.45, 2.75) is 64.5 Å². The number of hydrogen-bond acceptors (Lipinski definition) is 4. The van der Waals surface area contributed by atoms with E-state index in [2.05, 4.69) is 22.8 Å². The smallest absolute Gasteiger partial charge is 0.407 e. The maximum Gasteiger partial charge on any atom is 0.407 e. The van der Waals surface area contributed by atoms with E-state index in [1.165, 1.54) is 0 Å². The first kappa shape index (κ1) is 25.3. The van der Waals surface area contributed by atoms with E-state index in [0.717, 1.165) is 28.7 Å². The topological polar surface area (TPSA) is 105 Å². The van der Waals surface area contributed by atoms with E-state index < -0.39 is 30.1 Å². The largest absolute Gasteiger partial charge is 0.480 e. The molecule has 0 aliphatic heterocycles. The van der Waals surface area contributed by atoms with Gasteiger partial charge in [0.2, 0.25) is 5.91 Å². The Balaban J connectivity index is 1.66. The molecule has 0 heterocycles. The molecule has 0 spiro atoms. The van der Waals surface area contributed by atoms with Crippen molar-refractivity contribution >= 4 is 18.0 Å². The molecule has 2 aromatic rings. The van der Waals surface area contributed by atoms with Crippen LogP contribution in [0.15, 0.2) is 48.5 Å². The lowest BCUT2D eigenvalue weighted by molar-refractivity contribution is -0.143. The van der Waals surface area contributed by atoms with Crippen molar-refractivity contribution in [1.29, 1.82) is 0 Å². The predicted octanol–water partition coefficient (Wildman–Crippen LogP) is 4.70. The molecule has 3 rings (SSSR count). The van der Waals surface area contributed by atoms with E-state index in [0.29, 0.717) is 19.3 Å². The Morgan fingerprint density at radius 1 is 0.971 bits per heavy atom. The number of benzene rings is 2. The van der Waals surface area contributed by atoms with Gasteiger partial charge in [-0.25, -0.2) is 9.59 Å². The number of unbranched alkanes of at least 4 members (excludes halogenated alkanes) is 1. The maximum absolute atomic E-state index is 12.9. The molecule has 3 N–H and O–H groups in total. The van der Waals surface area contributed by atoms with Gasteiger partial charge >= 0.3 is 12.1 Å². The number of carboxylic acids is 1. The van der Waals surface area contributed by atoms with Crippen LogP contribution < -0.4 is 10.6 Å². The molecule has 3 atom stereocenters. The summed E-state index contributed by atoms with van der Waals surface area (Å²) in [6.45, 7) is 5.78. The van der Waals surface area contributed by atoms with Crippen molar-refractivity contribution in [2.75, 3.05) is 6.61 Å². The van der Waals surface area contributed by atoms with Gasteiger partial charge in [0.05, 0.1) is 0 Å². The Morgan fingerprint density at radius 3 is 2.09 bits per heavy atom. The fraction of sp³-hybridized carbons (Fsp3) is 0.444. The summed E-state index contributed by atoms with van der Waals surface area (Å²) < 4.78 is 5.57. The summed E-state index contributed by atoms with van der Waals surface area (Å²) >= 11 is 0. The van der Waals surface area contributed by atoms with Crippen molar-refractivity contribution in [2.24, 2.45) is 5.92 Å². The van der Waals surface area contributed by atoms with Gasteiger partial charge in [0.1, 0.15) is 18.7 Å². The number of carboxylic acid groups (broad SMARTS) is 1. The zero-order chi connectivity index (χ0) is 24.7. The molecule has 0 radical (unpaired) electrons. The second kappa shape index (κ2) is 11.7. The first-order valence-corrected chi connectivity index (χ1v) is 12.0. The summed E-state index contributed by atoms with van der Waals surface area (Å²) in [4.78, 5) is 37.2. The van der Waals surface area contributed by atoms with Crippen LogP contribution in [0.25, 0.3) is 11.1 Å². The first-order chi connectivity index (χ1) is 16.4. The quantitative estimate of drug-likeness (QED) is 0.445. The fourth-order valence-electron chi connectivity index (χ4n) is 4.40. The molecule has 2 amide bonds. The Kier molecular flexibility index (Phi) is 8.68. The lowest BCUT2D eigenvalue weighted by Crippen LogP contribution is -2.53. The standard InChI is InChI=1S/C27H34N2O5/c1-4-6-15-23(25(30)29-24(26(31)32)17(3)5-2)28-27(33)34-16-22-20-13-9-7-11-18(20)19-12-8-10-14-21(19)22/h7-14,17,22-24H,4-6,15-16H2,1-3H3,(H,28,33)(H,29,30)(H,31,32)/t17?,23-,24?/m0/s1. The molecule has 2 aromatic carbocycles. The average Bonchev–Trinajstić information content (AvgIpc) is 3.16. The van der Waals surface area contributed by atoms with Crippen LogP contribution in [0.3, 0.4) is 0 Å². The third-order valence-corrected chi connectivity index (χ3v) is 6.58. The normalized spacial score (nSPS) is 14.9. The number of ether oxygens (including phenoxy) is 1. The minimum Gasteiger partial charge on any atom is -0.480 e. The molecule has 7 heteroatoms. The number of rotatable bonds is 11. The molecule has 0 fully saturated rings. The van der Waals surface area contributed by atoms with Crippen LogP contribution in [0, 0.1) is 5.92 Å². The highest BCUT2D eigenvalue weighted by Gasteiger charge is 2.31. The molecule has 0 saturated heterocycles. The molecule has 1 aliphatic rings. The van der Waals surface area contributed by atoms with Gasteiger partial charge in [-0.2, -0.15) is 0 Å². The molecule has 182 valence electrons. The fourth-order valence-corrected chi connectivity index (χ4v) is 4.40. The van der Waals surface area contributed by atoms with Crippen LogP contribution in [0.5, 0.6) is 0 Å². The van der Waals surface area contributed by atoms with E-state index in [9.17, 15) is 19.5 Å². The third kappa shape index (κ3) is 5.76. The van der Waals surface area contributed by atoms with Crippen LogP contribution in [0.1, 0.15) is 63.5 Å². The molecule has 0 bridgehead atoms. The lowest BCUT2D eigenvalue weighted by Gasteiger charge is -2.24. The van der Waals surface area contributed by atoms with Crippen molar-refractivity contribution in [3.63, 3.8) is 0 Å². The Bertz CT molecular complexity index is 976. The summed E-state index contributed by atoms with van der Waals surface area (Å²) in [6, 6.07) is 14.3. The highest BCUT2D eigenvalue weighted by molar-refractivity contribution is 5.89. The second-order valence-corrected chi connectivity index (χ2v) is 8.87. The molecule has 7 nitrogen and oxygen atoms in total. The number of nitrogens with one attached hydrogen (secondary N) is 2. The zero-order valence-corrected chi connectivity index (χ0v) is 20.0. The van der Waals surface area contributed by atoms with Crippen LogP contribution in [0.2, 0.25) is 0 Å². The van der Waals surface area contributed by atoms with E-state index >= 15 is 0 Å². The molecule has 2 unspecified atom stereocenters. The van der Waals surface area contributed by atoms with E-state index in [1.807, 2.05) is 50.2 Å². The lowest BCUT2D eigenvalue weighted by atomic mass is 9.98. The van der Waals surface area contributed by atoms with Crippen LogP contribution in [-0.2, 0) is 14.3 Å². The number of aliphatic carboxylic acids is 1. The van der Waals surface area contributed by atoms with Crippen molar-refractivity contribution < 1.29 is 24.2 Å². The van der Waals surface area contributed by atoms with Gasteiger partial charge in [-0.15, -0.1) is 0 Å². The summed E-state index contributed by atoms with van der Waals surface area (Å²) in [6.07, 6.45) is 1.87.